The Hall–Kier alpha value is -0.610. The molecule has 4 heteroatoms. The van der Waals surface area contributed by atoms with Crippen LogP contribution in [-0.4, -0.2) is 30.2 Å². The van der Waals surface area contributed by atoms with Crippen molar-refractivity contribution >= 4 is 16.5 Å². The van der Waals surface area contributed by atoms with Crippen LogP contribution in [0.1, 0.15) is 20.3 Å². The summed E-state index contributed by atoms with van der Waals surface area (Å²) in [5.74, 6) is 0. The third-order valence-corrected chi connectivity index (χ3v) is 3.41. The first kappa shape index (κ1) is 9.93. The summed E-state index contributed by atoms with van der Waals surface area (Å²) in [5, 5.41) is 6.61. The molecule has 0 spiro atoms. The van der Waals surface area contributed by atoms with E-state index in [0.29, 0.717) is 12.1 Å². The molecule has 78 valence electrons. The molecule has 0 bridgehead atoms. The minimum atomic E-state index is 0.533. The van der Waals surface area contributed by atoms with E-state index in [9.17, 15) is 0 Å². The van der Waals surface area contributed by atoms with Crippen LogP contribution in [0, 0.1) is 0 Å². The lowest BCUT2D eigenvalue weighted by molar-refractivity contribution is 0.572. The molecule has 1 fully saturated rings. The second-order valence-corrected chi connectivity index (χ2v) is 4.84. The summed E-state index contributed by atoms with van der Waals surface area (Å²) < 4.78 is 0. The molecule has 0 aromatic carbocycles. The number of aromatic nitrogens is 1. The van der Waals surface area contributed by atoms with E-state index in [4.69, 9.17) is 0 Å². The third-order valence-electron chi connectivity index (χ3n) is 2.62. The number of nitrogens with zero attached hydrogens (tertiary/aromatic N) is 2. The maximum Gasteiger partial charge on any atom is 0.185 e. The predicted molar refractivity (Wildman–Crippen MR) is 61.0 cm³/mol. The van der Waals surface area contributed by atoms with E-state index >= 15 is 0 Å². The normalized spacial score (nSPS) is 21.8. The molecule has 0 amide bonds. The molecule has 1 aromatic heterocycles. The second-order valence-electron chi connectivity index (χ2n) is 3.96. The molecule has 1 N–H and O–H groups in total. The lowest BCUT2D eigenvalue weighted by atomic mass is 10.2. The van der Waals surface area contributed by atoms with Crippen molar-refractivity contribution in [2.45, 2.75) is 32.4 Å². The molecule has 1 unspecified atom stereocenters. The molecule has 0 aliphatic carbocycles. The van der Waals surface area contributed by atoms with Gasteiger partial charge in [0.15, 0.2) is 5.13 Å². The summed E-state index contributed by atoms with van der Waals surface area (Å²) in [6.45, 7) is 6.70. The zero-order chi connectivity index (χ0) is 9.97. The van der Waals surface area contributed by atoms with Gasteiger partial charge in [0, 0.05) is 30.2 Å². The van der Waals surface area contributed by atoms with Crippen molar-refractivity contribution in [3.63, 3.8) is 0 Å². The molecule has 14 heavy (non-hydrogen) atoms. The van der Waals surface area contributed by atoms with Crippen molar-refractivity contribution in [1.29, 1.82) is 0 Å². The van der Waals surface area contributed by atoms with Crippen LogP contribution in [-0.2, 0) is 0 Å². The van der Waals surface area contributed by atoms with Crippen molar-refractivity contribution in [3.8, 4) is 0 Å². The Balaban J connectivity index is 2.15. The Kier molecular flexibility index (Phi) is 3.03. The molecular formula is C10H17N3S. The first-order valence-electron chi connectivity index (χ1n) is 5.17. The number of hydrogen-bond acceptors (Lipinski definition) is 4. The van der Waals surface area contributed by atoms with Crippen molar-refractivity contribution in [2.24, 2.45) is 0 Å². The van der Waals surface area contributed by atoms with Crippen LogP contribution in [0.2, 0.25) is 0 Å². The molecule has 1 saturated heterocycles. The van der Waals surface area contributed by atoms with Crippen LogP contribution in [0.5, 0.6) is 0 Å². The van der Waals surface area contributed by atoms with Gasteiger partial charge in [-0.2, -0.15) is 0 Å². The Bertz CT molecular complexity index is 265. The van der Waals surface area contributed by atoms with Gasteiger partial charge >= 0.3 is 0 Å². The van der Waals surface area contributed by atoms with Gasteiger partial charge < -0.3 is 10.2 Å². The number of anilines is 1. The first-order chi connectivity index (χ1) is 6.79. The molecule has 1 aliphatic rings. The Morgan fingerprint density at radius 2 is 2.50 bits per heavy atom. The Morgan fingerprint density at radius 1 is 1.64 bits per heavy atom. The summed E-state index contributed by atoms with van der Waals surface area (Å²) in [6.07, 6.45) is 3.12. The number of nitrogens with one attached hydrogen (secondary N) is 1. The SMILES string of the molecule is CC(C)N(c1nccs1)C1CCNC1. The molecular weight excluding hydrogens is 194 g/mol. The van der Waals surface area contributed by atoms with Crippen LogP contribution >= 0.6 is 11.3 Å². The lowest BCUT2D eigenvalue weighted by Crippen LogP contribution is -2.41. The summed E-state index contributed by atoms with van der Waals surface area (Å²) in [4.78, 5) is 6.83. The van der Waals surface area contributed by atoms with Gasteiger partial charge in [0.05, 0.1) is 0 Å². The fourth-order valence-corrected chi connectivity index (χ4v) is 2.87. The van der Waals surface area contributed by atoms with Gasteiger partial charge in [-0.25, -0.2) is 4.98 Å². The average molecular weight is 211 g/mol. The van der Waals surface area contributed by atoms with Crippen molar-refractivity contribution in [2.75, 3.05) is 18.0 Å². The van der Waals surface area contributed by atoms with Crippen LogP contribution < -0.4 is 10.2 Å². The molecule has 0 saturated carbocycles. The minimum absolute atomic E-state index is 0.533. The lowest BCUT2D eigenvalue weighted by Gasteiger charge is -2.31. The number of hydrogen-bond donors (Lipinski definition) is 1. The molecule has 1 aliphatic heterocycles. The van der Waals surface area contributed by atoms with Gasteiger partial charge in [-0.15, -0.1) is 11.3 Å². The molecule has 3 nitrogen and oxygen atoms in total. The molecule has 2 heterocycles. The van der Waals surface area contributed by atoms with Crippen molar-refractivity contribution in [1.82, 2.24) is 10.3 Å². The van der Waals surface area contributed by atoms with Gasteiger partial charge in [0.2, 0.25) is 0 Å². The molecule has 2 rings (SSSR count). The van der Waals surface area contributed by atoms with Crippen LogP contribution in [0.3, 0.4) is 0 Å². The zero-order valence-electron chi connectivity index (χ0n) is 8.73. The average Bonchev–Trinajstić information content (AvgIpc) is 2.75. The summed E-state index contributed by atoms with van der Waals surface area (Å²) in [6, 6.07) is 1.16. The van der Waals surface area contributed by atoms with E-state index in [-0.39, 0.29) is 0 Å². The highest BCUT2D eigenvalue weighted by Gasteiger charge is 2.25. The monoisotopic (exact) mass is 211 g/mol. The summed E-state index contributed by atoms with van der Waals surface area (Å²) >= 11 is 1.73. The van der Waals surface area contributed by atoms with Gasteiger partial charge in [-0.1, -0.05) is 0 Å². The van der Waals surface area contributed by atoms with E-state index in [1.165, 1.54) is 6.42 Å². The second kappa shape index (κ2) is 4.28. The maximum atomic E-state index is 4.40. The Morgan fingerprint density at radius 3 is 3.00 bits per heavy atom. The molecule has 1 atom stereocenters. The largest absolute Gasteiger partial charge is 0.341 e. The van der Waals surface area contributed by atoms with E-state index in [1.807, 2.05) is 11.6 Å². The van der Waals surface area contributed by atoms with Crippen molar-refractivity contribution < 1.29 is 0 Å². The van der Waals surface area contributed by atoms with E-state index in [0.717, 1.165) is 18.2 Å². The highest BCUT2D eigenvalue weighted by Crippen LogP contribution is 2.24. The maximum absolute atomic E-state index is 4.40. The first-order valence-corrected chi connectivity index (χ1v) is 6.05. The highest BCUT2D eigenvalue weighted by molar-refractivity contribution is 7.13. The van der Waals surface area contributed by atoms with Gasteiger partial charge in [0.25, 0.3) is 0 Å². The van der Waals surface area contributed by atoms with Crippen LogP contribution in [0.25, 0.3) is 0 Å². The third kappa shape index (κ3) is 1.91. The van der Waals surface area contributed by atoms with E-state index in [1.54, 1.807) is 11.3 Å². The van der Waals surface area contributed by atoms with Crippen molar-refractivity contribution in [3.05, 3.63) is 11.6 Å². The van der Waals surface area contributed by atoms with Crippen LogP contribution in [0.4, 0.5) is 5.13 Å². The fourth-order valence-electron chi connectivity index (χ4n) is 2.02. The molecule has 0 radical (unpaired) electrons. The number of rotatable bonds is 3. The fraction of sp³-hybridized carbons (Fsp3) is 0.700. The quantitative estimate of drug-likeness (QED) is 0.825. The summed E-state index contributed by atoms with van der Waals surface area (Å²) in [7, 11) is 0. The Labute approximate surface area is 89.1 Å². The van der Waals surface area contributed by atoms with Gasteiger partial charge in [-0.05, 0) is 26.8 Å². The zero-order valence-corrected chi connectivity index (χ0v) is 9.55. The van der Waals surface area contributed by atoms with E-state index in [2.05, 4.69) is 29.0 Å². The van der Waals surface area contributed by atoms with E-state index < -0.39 is 0 Å². The highest BCUT2D eigenvalue weighted by atomic mass is 32.1. The van der Waals surface area contributed by atoms with Gasteiger partial charge in [-0.3, -0.25) is 0 Å². The van der Waals surface area contributed by atoms with Gasteiger partial charge in [0.1, 0.15) is 0 Å². The molecule has 1 aromatic rings. The minimum Gasteiger partial charge on any atom is -0.341 e. The predicted octanol–water partition coefficient (Wildman–Crippen LogP) is 1.72. The number of thiazole rings is 1. The van der Waals surface area contributed by atoms with Crippen LogP contribution in [0.15, 0.2) is 11.6 Å². The standard InChI is InChI=1S/C10H17N3S/c1-8(2)13(9-3-4-11-7-9)10-12-5-6-14-10/h5-6,8-9,11H,3-4,7H2,1-2H3. The topological polar surface area (TPSA) is 28.2 Å². The smallest absolute Gasteiger partial charge is 0.185 e. The summed E-state index contributed by atoms with van der Waals surface area (Å²) in [5.41, 5.74) is 0.